The first-order chi connectivity index (χ1) is 14.1. The van der Waals surface area contributed by atoms with E-state index in [0.29, 0.717) is 18.7 Å². The number of aryl methyl sites for hydroxylation is 2. The lowest BCUT2D eigenvalue weighted by atomic mass is 10.1. The third-order valence-electron chi connectivity index (χ3n) is 5.01. The first-order valence-corrected chi connectivity index (χ1v) is 12.0. The second kappa shape index (κ2) is 10.5. The van der Waals surface area contributed by atoms with Gasteiger partial charge in [0.25, 0.3) is 0 Å². The van der Waals surface area contributed by atoms with Crippen LogP contribution in [0.5, 0.6) is 5.75 Å². The van der Waals surface area contributed by atoms with Crippen LogP contribution in [0.2, 0.25) is 0 Å². The average Bonchev–Trinajstić information content (AvgIpc) is 2.67. The number of nitrogens with one attached hydrogen (secondary N) is 1. The van der Waals surface area contributed by atoms with Gasteiger partial charge in [0, 0.05) is 13.0 Å². The van der Waals surface area contributed by atoms with Gasteiger partial charge in [0.2, 0.25) is 15.9 Å². The summed E-state index contributed by atoms with van der Waals surface area (Å²) < 4.78 is 31.3. The van der Waals surface area contributed by atoms with E-state index in [4.69, 9.17) is 4.74 Å². The summed E-state index contributed by atoms with van der Waals surface area (Å²) in [4.78, 5) is 12.4. The number of nitrogens with zero attached hydrogens (tertiary/aromatic N) is 1. The Morgan fingerprint density at radius 1 is 1.10 bits per heavy atom. The predicted octanol–water partition coefficient (Wildman–Crippen LogP) is 4.13. The number of rotatable bonds is 10. The molecule has 2 rings (SSSR count). The Morgan fingerprint density at radius 2 is 1.77 bits per heavy atom. The lowest BCUT2D eigenvalue weighted by Gasteiger charge is -2.23. The van der Waals surface area contributed by atoms with Gasteiger partial charge in [0.05, 0.1) is 24.6 Å². The lowest BCUT2D eigenvalue weighted by Crippen LogP contribution is -2.32. The summed E-state index contributed by atoms with van der Waals surface area (Å²) in [6, 6.07) is 13.1. The molecule has 1 atom stereocenters. The van der Waals surface area contributed by atoms with E-state index >= 15 is 0 Å². The van der Waals surface area contributed by atoms with Gasteiger partial charge in [-0.3, -0.25) is 9.10 Å². The maximum atomic E-state index is 12.4. The highest BCUT2D eigenvalue weighted by molar-refractivity contribution is 7.92. The number of anilines is 1. The molecule has 0 aliphatic heterocycles. The molecule has 6 nitrogen and oxygen atoms in total. The molecule has 2 aromatic rings. The summed E-state index contributed by atoms with van der Waals surface area (Å²) in [6.07, 6.45) is 1.87. The minimum absolute atomic E-state index is 0.107. The number of amides is 1. The molecule has 0 saturated carbocycles. The smallest absolute Gasteiger partial charge is 0.232 e. The highest BCUT2D eigenvalue weighted by atomic mass is 32.2. The van der Waals surface area contributed by atoms with Crippen molar-refractivity contribution in [1.29, 1.82) is 0 Å². The first kappa shape index (κ1) is 23.7. The standard InChI is InChI=1S/C23H32N2O4S/c1-6-29-22-13-10-20(11-14-22)19(4)24-23(26)8-7-15-25(30(5,27)28)21-12-9-17(2)18(3)16-21/h9-14,16,19H,6-8,15H2,1-5H3,(H,24,26)/t19-/m1/s1. The number of sulfonamides is 1. The Balaban J connectivity index is 1.92. The maximum Gasteiger partial charge on any atom is 0.232 e. The molecule has 0 radical (unpaired) electrons. The van der Waals surface area contributed by atoms with E-state index in [1.54, 1.807) is 6.07 Å². The second-order valence-electron chi connectivity index (χ2n) is 7.50. The Labute approximate surface area is 180 Å². The van der Waals surface area contributed by atoms with Gasteiger partial charge >= 0.3 is 0 Å². The van der Waals surface area contributed by atoms with E-state index in [2.05, 4.69) is 5.32 Å². The van der Waals surface area contributed by atoms with Gasteiger partial charge in [-0.05, 0) is 75.1 Å². The molecular formula is C23H32N2O4S. The van der Waals surface area contributed by atoms with Crippen molar-refractivity contribution in [2.75, 3.05) is 23.7 Å². The molecule has 0 fully saturated rings. The zero-order valence-corrected chi connectivity index (χ0v) is 19.3. The topological polar surface area (TPSA) is 75.7 Å². The number of benzene rings is 2. The molecule has 0 unspecified atom stereocenters. The fourth-order valence-corrected chi connectivity index (χ4v) is 4.12. The van der Waals surface area contributed by atoms with E-state index < -0.39 is 10.0 Å². The van der Waals surface area contributed by atoms with Crippen LogP contribution in [0, 0.1) is 13.8 Å². The molecule has 30 heavy (non-hydrogen) atoms. The van der Waals surface area contributed by atoms with Gasteiger partial charge in [-0.1, -0.05) is 18.2 Å². The van der Waals surface area contributed by atoms with E-state index in [1.165, 1.54) is 10.6 Å². The number of carbonyl (C=O) groups excluding carboxylic acids is 1. The molecule has 0 spiro atoms. The van der Waals surface area contributed by atoms with E-state index in [-0.39, 0.29) is 24.9 Å². The van der Waals surface area contributed by atoms with Crippen molar-refractivity contribution in [3.05, 3.63) is 59.2 Å². The zero-order chi connectivity index (χ0) is 22.3. The van der Waals surface area contributed by atoms with Gasteiger partial charge < -0.3 is 10.1 Å². The van der Waals surface area contributed by atoms with Crippen molar-refractivity contribution in [1.82, 2.24) is 5.32 Å². The van der Waals surface area contributed by atoms with Crippen molar-refractivity contribution < 1.29 is 17.9 Å². The van der Waals surface area contributed by atoms with Crippen LogP contribution in [-0.4, -0.2) is 33.7 Å². The quantitative estimate of drug-likeness (QED) is 0.613. The summed E-state index contributed by atoms with van der Waals surface area (Å²) in [5.41, 5.74) is 3.75. The maximum absolute atomic E-state index is 12.4. The first-order valence-electron chi connectivity index (χ1n) is 10.2. The van der Waals surface area contributed by atoms with Gasteiger partial charge in [-0.2, -0.15) is 0 Å². The van der Waals surface area contributed by atoms with Crippen molar-refractivity contribution in [2.24, 2.45) is 0 Å². The van der Waals surface area contributed by atoms with Gasteiger partial charge in [-0.15, -0.1) is 0 Å². The highest BCUT2D eigenvalue weighted by Crippen LogP contribution is 2.22. The van der Waals surface area contributed by atoms with E-state index in [0.717, 1.165) is 22.4 Å². The monoisotopic (exact) mass is 432 g/mol. The van der Waals surface area contributed by atoms with Crippen LogP contribution in [0.1, 0.15) is 49.4 Å². The van der Waals surface area contributed by atoms with E-state index in [1.807, 2.05) is 64.1 Å². The second-order valence-corrected chi connectivity index (χ2v) is 9.41. The zero-order valence-electron chi connectivity index (χ0n) is 18.4. The molecule has 1 amide bonds. The third-order valence-corrected chi connectivity index (χ3v) is 6.21. The fraction of sp³-hybridized carbons (Fsp3) is 0.435. The van der Waals surface area contributed by atoms with Crippen LogP contribution in [0.25, 0.3) is 0 Å². The molecule has 164 valence electrons. The summed E-state index contributed by atoms with van der Waals surface area (Å²) in [5, 5.41) is 2.97. The summed E-state index contributed by atoms with van der Waals surface area (Å²) in [7, 11) is -3.43. The van der Waals surface area contributed by atoms with Gasteiger partial charge in [-0.25, -0.2) is 8.42 Å². The van der Waals surface area contributed by atoms with Crippen molar-refractivity contribution in [2.45, 2.75) is 46.6 Å². The van der Waals surface area contributed by atoms with Crippen LogP contribution in [0.4, 0.5) is 5.69 Å². The molecule has 0 aromatic heterocycles. The largest absolute Gasteiger partial charge is 0.494 e. The van der Waals surface area contributed by atoms with Gasteiger partial charge in [0.15, 0.2) is 0 Å². The van der Waals surface area contributed by atoms with Crippen molar-refractivity contribution >= 4 is 21.6 Å². The minimum Gasteiger partial charge on any atom is -0.494 e. The van der Waals surface area contributed by atoms with Gasteiger partial charge in [0.1, 0.15) is 5.75 Å². The molecule has 0 saturated heterocycles. The Kier molecular flexibility index (Phi) is 8.29. The number of hydrogen-bond donors (Lipinski definition) is 1. The molecule has 1 N–H and O–H groups in total. The molecule has 0 heterocycles. The van der Waals surface area contributed by atoms with Crippen LogP contribution < -0.4 is 14.4 Å². The van der Waals surface area contributed by atoms with E-state index in [9.17, 15) is 13.2 Å². The number of carbonyl (C=O) groups is 1. The fourth-order valence-electron chi connectivity index (χ4n) is 3.17. The summed E-state index contributed by atoms with van der Waals surface area (Å²) >= 11 is 0. The highest BCUT2D eigenvalue weighted by Gasteiger charge is 2.18. The molecule has 2 aromatic carbocycles. The Bertz CT molecular complexity index is 956. The summed E-state index contributed by atoms with van der Waals surface area (Å²) in [5.74, 6) is 0.692. The molecule has 0 aliphatic rings. The lowest BCUT2D eigenvalue weighted by molar-refractivity contribution is -0.121. The van der Waals surface area contributed by atoms with Crippen LogP contribution >= 0.6 is 0 Å². The molecular weight excluding hydrogens is 400 g/mol. The van der Waals surface area contributed by atoms with Crippen LogP contribution in [0.3, 0.4) is 0 Å². The SMILES string of the molecule is CCOc1ccc([C@@H](C)NC(=O)CCCN(c2ccc(C)c(C)c2)S(C)(=O)=O)cc1. The number of ether oxygens (including phenoxy) is 1. The third kappa shape index (κ3) is 6.76. The molecule has 7 heteroatoms. The predicted molar refractivity (Wildman–Crippen MR) is 122 cm³/mol. The van der Waals surface area contributed by atoms with Crippen LogP contribution in [0.15, 0.2) is 42.5 Å². The number of hydrogen-bond acceptors (Lipinski definition) is 4. The summed E-state index contributed by atoms with van der Waals surface area (Å²) in [6.45, 7) is 8.66. The Morgan fingerprint density at radius 3 is 2.33 bits per heavy atom. The van der Waals surface area contributed by atoms with Crippen LogP contribution in [-0.2, 0) is 14.8 Å². The minimum atomic E-state index is -3.43. The normalized spacial score (nSPS) is 12.3. The Hall–Kier alpha value is -2.54. The molecule has 0 aliphatic carbocycles. The molecule has 0 bridgehead atoms. The van der Waals surface area contributed by atoms with Crippen molar-refractivity contribution in [3.63, 3.8) is 0 Å². The van der Waals surface area contributed by atoms with Crippen molar-refractivity contribution in [3.8, 4) is 5.75 Å². The average molecular weight is 433 g/mol.